The summed E-state index contributed by atoms with van der Waals surface area (Å²) >= 11 is 1.75. The van der Waals surface area contributed by atoms with E-state index in [9.17, 15) is 14.7 Å². The summed E-state index contributed by atoms with van der Waals surface area (Å²) in [4.78, 5) is 23.2. The van der Waals surface area contributed by atoms with Crippen molar-refractivity contribution in [2.75, 3.05) is 11.5 Å². The smallest absolute Gasteiger partial charge is 0.329 e. The predicted octanol–water partition coefficient (Wildman–Crippen LogP) is 1.89. The van der Waals surface area contributed by atoms with E-state index in [1.54, 1.807) is 11.8 Å². The second-order valence-electron chi connectivity index (χ2n) is 4.77. The normalized spacial score (nSPS) is 20.6. The minimum atomic E-state index is -1.02. The zero-order valence-electron chi connectivity index (χ0n) is 10.5. The second kappa shape index (κ2) is 6.28. The molecule has 0 aromatic carbocycles. The molecular weight excluding hydrogens is 238 g/mol. The van der Waals surface area contributed by atoms with Crippen molar-refractivity contribution in [3.63, 3.8) is 0 Å². The van der Waals surface area contributed by atoms with Crippen LogP contribution in [0.3, 0.4) is 0 Å². The van der Waals surface area contributed by atoms with Crippen molar-refractivity contribution >= 4 is 23.6 Å². The molecule has 1 saturated heterocycles. The number of aliphatic carboxylic acids is 1. The molecule has 1 fully saturated rings. The van der Waals surface area contributed by atoms with Gasteiger partial charge in [0.2, 0.25) is 5.91 Å². The Bertz CT molecular complexity index is 287. The fourth-order valence-corrected chi connectivity index (χ4v) is 3.08. The molecule has 4 nitrogen and oxygen atoms in total. The molecule has 1 aliphatic heterocycles. The lowest BCUT2D eigenvalue weighted by atomic mass is 9.91. The topological polar surface area (TPSA) is 66.4 Å². The number of hydrogen-bond donors (Lipinski definition) is 2. The van der Waals surface area contributed by atoms with Crippen molar-refractivity contribution in [1.29, 1.82) is 0 Å². The van der Waals surface area contributed by atoms with E-state index in [1.165, 1.54) is 0 Å². The maximum atomic E-state index is 11.8. The van der Waals surface area contributed by atoms with Gasteiger partial charge >= 0.3 is 5.97 Å². The van der Waals surface area contributed by atoms with Gasteiger partial charge in [0.25, 0.3) is 0 Å². The zero-order valence-corrected chi connectivity index (χ0v) is 11.3. The van der Waals surface area contributed by atoms with Gasteiger partial charge < -0.3 is 10.4 Å². The molecule has 1 rings (SSSR count). The Labute approximate surface area is 107 Å². The predicted molar refractivity (Wildman–Crippen MR) is 69.1 cm³/mol. The molecule has 1 heterocycles. The monoisotopic (exact) mass is 259 g/mol. The first-order valence-corrected chi connectivity index (χ1v) is 7.28. The number of carbonyl (C=O) groups excluding carboxylic acids is 1. The van der Waals surface area contributed by atoms with Gasteiger partial charge in [0, 0.05) is 6.42 Å². The molecule has 1 amide bonds. The summed E-state index contributed by atoms with van der Waals surface area (Å²) in [5, 5.41) is 12.1. The van der Waals surface area contributed by atoms with Crippen LogP contribution < -0.4 is 5.32 Å². The van der Waals surface area contributed by atoms with Gasteiger partial charge in [-0.25, -0.2) is 4.79 Å². The van der Waals surface area contributed by atoms with Crippen molar-refractivity contribution in [3.05, 3.63) is 0 Å². The Morgan fingerprint density at radius 1 is 1.41 bits per heavy atom. The molecule has 5 heteroatoms. The molecule has 0 aromatic heterocycles. The molecule has 2 N–H and O–H groups in total. The second-order valence-corrected chi connectivity index (χ2v) is 5.99. The van der Waals surface area contributed by atoms with Crippen molar-refractivity contribution in [2.24, 2.45) is 5.92 Å². The molecule has 0 bridgehead atoms. The third kappa shape index (κ3) is 3.91. The Hall–Kier alpha value is -0.710. The molecule has 0 saturated carbocycles. The Balaban J connectivity index is 2.60. The first-order chi connectivity index (χ1) is 8.00. The Morgan fingerprint density at radius 2 is 2.00 bits per heavy atom. The maximum absolute atomic E-state index is 11.8. The summed E-state index contributed by atoms with van der Waals surface area (Å²) < 4.78 is 0. The summed E-state index contributed by atoms with van der Waals surface area (Å²) in [5.41, 5.74) is -1.02. The first kappa shape index (κ1) is 14.4. The van der Waals surface area contributed by atoms with E-state index in [0.717, 1.165) is 17.9 Å². The number of nitrogens with one attached hydrogen (secondary N) is 1. The van der Waals surface area contributed by atoms with Crippen LogP contribution in [0.5, 0.6) is 0 Å². The highest BCUT2D eigenvalue weighted by Crippen LogP contribution is 2.27. The van der Waals surface area contributed by atoms with Crippen LogP contribution in [0.1, 0.15) is 39.5 Å². The van der Waals surface area contributed by atoms with Gasteiger partial charge in [-0.15, -0.1) is 0 Å². The fraction of sp³-hybridized carbons (Fsp3) is 0.833. The van der Waals surface area contributed by atoms with Crippen LogP contribution in [-0.2, 0) is 9.59 Å². The molecular formula is C12H21NO3S. The number of rotatable bonds is 5. The molecule has 98 valence electrons. The van der Waals surface area contributed by atoms with Crippen molar-refractivity contribution in [2.45, 2.75) is 45.1 Å². The SMILES string of the molecule is CCC(C)CC(=O)NC1(C(=O)O)CCSCC1. The van der Waals surface area contributed by atoms with Crippen molar-refractivity contribution in [1.82, 2.24) is 5.32 Å². The average molecular weight is 259 g/mol. The summed E-state index contributed by atoms with van der Waals surface area (Å²) in [6.45, 7) is 4.03. The number of carboxylic acid groups (broad SMARTS) is 1. The van der Waals surface area contributed by atoms with E-state index in [2.05, 4.69) is 5.32 Å². The van der Waals surface area contributed by atoms with E-state index in [1.807, 2.05) is 13.8 Å². The number of thioether (sulfide) groups is 1. The quantitative estimate of drug-likeness (QED) is 0.791. The highest BCUT2D eigenvalue weighted by molar-refractivity contribution is 7.99. The standard InChI is InChI=1S/C12H21NO3S/c1-3-9(2)8-10(14)13-12(11(15)16)4-6-17-7-5-12/h9H,3-8H2,1-2H3,(H,13,14)(H,15,16). The van der Waals surface area contributed by atoms with Gasteiger partial charge in [0.05, 0.1) is 0 Å². The van der Waals surface area contributed by atoms with E-state index in [-0.39, 0.29) is 5.91 Å². The van der Waals surface area contributed by atoms with Crippen LogP contribution >= 0.6 is 11.8 Å². The lowest BCUT2D eigenvalue weighted by molar-refractivity contribution is -0.148. The van der Waals surface area contributed by atoms with Crippen LogP contribution in [0.2, 0.25) is 0 Å². The molecule has 0 spiro atoms. The van der Waals surface area contributed by atoms with Crippen LogP contribution in [0, 0.1) is 5.92 Å². The van der Waals surface area contributed by atoms with Gasteiger partial charge in [-0.3, -0.25) is 4.79 Å². The van der Waals surface area contributed by atoms with Crippen LogP contribution in [0.4, 0.5) is 0 Å². The first-order valence-electron chi connectivity index (χ1n) is 6.12. The highest BCUT2D eigenvalue weighted by Gasteiger charge is 2.41. The number of carboxylic acids is 1. The number of carbonyl (C=O) groups is 2. The van der Waals surface area contributed by atoms with Gasteiger partial charge in [-0.1, -0.05) is 20.3 Å². The van der Waals surface area contributed by atoms with E-state index >= 15 is 0 Å². The minimum absolute atomic E-state index is 0.131. The molecule has 0 radical (unpaired) electrons. The number of amides is 1. The highest BCUT2D eigenvalue weighted by atomic mass is 32.2. The van der Waals surface area contributed by atoms with Crippen LogP contribution in [0.15, 0.2) is 0 Å². The largest absolute Gasteiger partial charge is 0.480 e. The summed E-state index contributed by atoms with van der Waals surface area (Å²) in [5.74, 6) is 0.883. The van der Waals surface area contributed by atoms with Gasteiger partial charge in [0.1, 0.15) is 5.54 Å². The molecule has 1 atom stereocenters. The van der Waals surface area contributed by atoms with Gasteiger partial charge in [-0.2, -0.15) is 11.8 Å². The van der Waals surface area contributed by atoms with Crippen molar-refractivity contribution in [3.8, 4) is 0 Å². The fourth-order valence-electron chi connectivity index (χ4n) is 1.89. The maximum Gasteiger partial charge on any atom is 0.329 e. The molecule has 17 heavy (non-hydrogen) atoms. The summed E-state index contributed by atoms with van der Waals surface area (Å²) in [6, 6.07) is 0. The molecule has 0 aromatic rings. The van der Waals surface area contributed by atoms with Crippen LogP contribution in [0.25, 0.3) is 0 Å². The zero-order chi connectivity index (χ0) is 12.9. The molecule has 1 unspecified atom stereocenters. The lowest BCUT2D eigenvalue weighted by Crippen LogP contribution is -2.56. The summed E-state index contributed by atoms with van der Waals surface area (Å²) in [7, 11) is 0. The average Bonchev–Trinajstić information content (AvgIpc) is 2.29. The Morgan fingerprint density at radius 3 is 2.47 bits per heavy atom. The summed E-state index contributed by atoms with van der Waals surface area (Å²) in [6.07, 6.45) is 2.40. The minimum Gasteiger partial charge on any atom is -0.480 e. The van der Waals surface area contributed by atoms with Gasteiger partial charge in [-0.05, 0) is 30.3 Å². The lowest BCUT2D eigenvalue weighted by Gasteiger charge is -2.34. The number of hydrogen-bond acceptors (Lipinski definition) is 3. The van der Waals surface area contributed by atoms with Crippen LogP contribution in [-0.4, -0.2) is 34.0 Å². The van der Waals surface area contributed by atoms with E-state index < -0.39 is 11.5 Å². The molecule has 1 aliphatic rings. The van der Waals surface area contributed by atoms with E-state index in [4.69, 9.17) is 0 Å². The third-order valence-corrected chi connectivity index (χ3v) is 4.35. The molecule has 0 aliphatic carbocycles. The van der Waals surface area contributed by atoms with E-state index in [0.29, 0.717) is 25.2 Å². The van der Waals surface area contributed by atoms with Gasteiger partial charge in [0.15, 0.2) is 0 Å². The van der Waals surface area contributed by atoms with Crippen molar-refractivity contribution < 1.29 is 14.7 Å². The Kier molecular flexibility index (Phi) is 5.31. The third-order valence-electron chi connectivity index (χ3n) is 3.37.